The first kappa shape index (κ1) is 16.3. The second kappa shape index (κ2) is 4.96. The Morgan fingerprint density at radius 3 is 1.32 bits per heavy atom. The molecule has 1 aromatic carbocycles. The van der Waals surface area contributed by atoms with E-state index in [0.717, 1.165) is 6.42 Å². The minimum Gasteiger partial charge on any atom is -0.0617 e. The highest BCUT2D eigenvalue weighted by Crippen LogP contribution is 2.37. The zero-order chi connectivity index (χ0) is 15.1. The molecule has 0 saturated heterocycles. The van der Waals surface area contributed by atoms with Crippen LogP contribution < -0.4 is 0 Å². The summed E-state index contributed by atoms with van der Waals surface area (Å²) in [6.45, 7) is 20.9. The van der Waals surface area contributed by atoms with E-state index in [1.54, 1.807) is 5.56 Å². The maximum atomic E-state index is 2.33. The van der Waals surface area contributed by atoms with Gasteiger partial charge in [-0.3, -0.25) is 0 Å². The predicted molar refractivity (Wildman–Crippen MR) is 87.0 cm³/mol. The molecule has 0 aliphatic rings. The second-order valence-corrected chi connectivity index (χ2v) is 9.07. The quantitative estimate of drug-likeness (QED) is 0.592. The van der Waals surface area contributed by atoms with Crippen LogP contribution in [0, 0.1) is 5.41 Å². The first-order valence-corrected chi connectivity index (χ1v) is 7.45. The van der Waals surface area contributed by atoms with Gasteiger partial charge in [0.2, 0.25) is 0 Å². The Morgan fingerprint density at radius 2 is 1.05 bits per heavy atom. The zero-order valence-electron chi connectivity index (χ0n) is 14.4. The summed E-state index contributed by atoms with van der Waals surface area (Å²) < 4.78 is 0. The van der Waals surface area contributed by atoms with Crippen molar-refractivity contribution in [3.05, 3.63) is 34.9 Å². The molecule has 0 atom stereocenters. The third-order valence-electron chi connectivity index (χ3n) is 3.50. The highest BCUT2D eigenvalue weighted by atomic mass is 14.3. The Labute approximate surface area is 120 Å². The molecule has 19 heavy (non-hydrogen) atoms. The van der Waals surface area contributed by atoms with Gasteiger partial charge in [0, 0.05) is 0 Å². The van der Waals surface area contributed by atoms with Crippen LogP contribution in [0.4, 0.5) is 0 Å². The van der Waals surface area contributed by atoms with E-state index in [-0.39, 0.29) is 10.8 Å². The van der Waals surface area contributed by atoms with Gasteiger partial charge in [0.25, 0.3) is 0 Å². The summed E-state index contributed by atoms with van der Waals surface area (Å²) in [5, 5.41) is 0. The maximum absolute atomic E-state index is 2.33. The summed E-state index contributed by atoms with van der Waals surface area (Å²) in [5.74, 6) is 0. The Bertz CT molecular complexity index is 398. The summed E-state index contributed by atoms with van der Waals surface area (Å²) in [6, 6.07) is 6.86. The smallest absolute Gasteiger partial charge is 0.0129 e. The minimum atomic E-state index is 0.210. The van der Waals surface area contributed by atoms with E-state index in [1.807, 2.05) is 0 Å². The third kappa shape index (κ3) is 4.37. The van der Waals surface area contributed by atoms with Gasteiger partial charge in [-0.05, 0) is 39.4 Å². The Hall–Kier alpha value is -0.780. The van der Waals surface area contributed by atoms with Gasteiger partial charge in [-0.2, -0.15) is 0 Å². The van der Waals surface area contributed by atoms with E-state index in [9.17, 15) is 0 Å². The molecule has 0 radical (unpaired) electrons. The summed E-state index contributed by atoms with van der Waals surface area (Å²) >= 11 is 0. The molecule has 1 aromatic rings. The summed E-state index contributed by atoms with van der Waals surface area (Å²) in [4.78, 5) is 0. The number of rotatable bonds is 1. The fraction of sp³-hybridized carbons (Fsp3) is 0.684. The van der Waals surface area contributed by atoms with Crippen LogP contribution in [0.5, 0.6) is 0 Å². The van der Waals surface area contributed by atoms with Crippen LogP contribution in [-0.2, 0) is 17.3 Å². The Balaban J connectivity index is 3.51. The fourth-order valence-corrected chi connectivity index (χ4v) is 2.71. The lowest BCUT2D eigenvalue weighted by Crippen LogP contribution is -2.24. The molecule has 0 heterocycles. The van der Waals surface area contributed by atoms with Crippen LogP contribution in [0.2, 0.25) is 0 Å². The van der Waals surface area contributed by atoms with Crippen LogP contribution >= 0.6 is 0 Å². The Kier molecular flexibility index (Phi) is 4.25. The lowest BCUT2D eigenvalue weighted by molar-refractivity contribution is 0.400. The molecule has 0 unspecified atom stereocenters. The van der Waals surface area contributed by atoms with Gasteiger partial charge in [-0.25, -0.2) is 0 Å². The fourth-order valence-electron chi connectivity index (χ4n) is 2.71. The van der Waals surface area contributed by atoms with E-state index in [0.29, 0.717) is 5.41 Å². The van der Waals surface area contributed by atoms with Crippen LogP contribution in [-0.4, -0.2) is 0 Å². The number of hydrogen-bond acceptors (Lipinski definition) is 0. The van der Waals surface area contributed by atoms with Crippen molar-refractivity contribution < 1.29 is 0 Å². The van der Waals surface area contributed by atoms with Gasteiger partial charge in [0.1, 0.15) is 0 Å². The standard InChI is InChI=1S/C19H32/c1-17(2,3)13-14-15(18(4,5)6)11-10-12-16(14)19(7,8)9/h10-12H,13H2,1-9H3. The monoisotopic (exact) mass is 260 g/mol. The predicted octanol–water partition coefficient (Wildman–Crippen LogP) is 5.87. The first-order valence-electron chi connectivity index (χ1n) is 7.45. The lowest BCUT2D eigenvalue weighted by Gasteiger charge is -2.33. The molecule has 108 valence electrons. The van der Waals surface area contributed by atoms with Gasteiger partial charge in [0.15, 0.2) is 0 Å². The van der Waals surface area contributed by atoms with E-state index in [1.165, 1.54) is 11.1 Å². The largest absolute Gasteiger partial charge is 0.0617 e. The van der Waals surface area contributed by atoms with Crippen molar-refractivity contribution in [2.75, 3.05) is 0 Å². The summed E-state index contributed by atoms with van der Waals surface area (Å²) in [7, 11) is 0. The van der Waals surface area contributed by atoms with Crippen molar-refractivity contribution in [1.29, 1.82) is 0 Å². The number of hydrogen-bond donors (Lipinski definition) is 0. The molecule has 0 heteroatoms. The molecule has 0 saturated carbocycles. The van der Waals surface area contributed by atoms with Crippen molar-refractivity contribution in [3.8, 4) is 0 Å². The van der Waals surface area contributed by atoms with Crippen molar-refractivity contribution in [2.24, 2.45) is 5.41 Å². The lowest BCUT2D eigenvalue weighted by atomic mass is 9.72. The molecule has 0 aromatic heterocycles. The van der Waals surface area contributed by atoms with E-state index in [2.05, 4.69) is 80.5 Å². The SMILES string of the molecule is CC(C)(C)Cc1c(C(C)(C)C)cccc1C(C)(C)C. The third-order valence-corrected chi connectivity index (χ3v) is 3.50. The zero-order valence-corrected chi connectivity index (χ0v) is 14.4. The van der Waals surface area contributed by atoms with Gasteiger partial charge in [0.05, 0.1) is 0 Å². The molecule has 0 bridgehead atoms. The average molecular weight is 260 g/mol. The maximum Gasteiger partial charge on any atom is -0.0129 e. The average Bonchev–Trinajstić information content (AvgIpc) is 2.11. The molecular formula is C19H32. The van der Waals surface area contributed by atoms with Crippen molar-refractivity contribution in [1.82, 2.24) is 0 Å². The highest BCUT2D eigenvalue weighted by molar-refractivity contribution is 5.43. The molecule has 0 nitrogen and oxygen atoms in total. The molecule has 0 N–H and O–H groups in total. The van der Waals surface area contributed by atoms with E-state index >= 15 is 0 Å². The molecule has 0 amide bonds. The van der Waals surface area contributed by atoms with Gasteiger partial charge >= 0.3 is 0 Å². The molecular weight excluding hydrogens is 228 g/mol. The minimum absolute atomic E-state index is 0.210. The van der Waals surface area contributed by atoms with E-state index < -0.39 is 0 Å². The first-order chi connectivity index (χ1) is 8.32. The van der Waals surface area contributed by atoms with E-state index in [4.69, 9.17) is 0 Å². The van der Waals surface area contributed by atoms with Crippen molar-refractivity contribution in [3.63, 3.8) is 0 Å². The van der Waals surface area contributed by atoms with Gasteiger partial charge < -0.3 is 0 Å². The van der Waals surface area contributed by atoms with Crippen LogP contribution in [0.3, 0.4) is 0 Å². The van der Waals surface area contributed by atoms with Crippen LogP contribution in [0.1, 0.15) is 79.0 Å². The molecule has 0 aliphatic carbocycles. The molecule has 0 fully saturated rings. The van der Waals surface area contributed by atoms with Crippen molar-refractivity contribution >= 4 is 0 Å². The van der Waals surface area contributed by atoms with Crippen molar-refractivity contribution in [2.45, 2.75) is 79.6 Å². The highest BCUT2D eigenvalue weighted by Gasteiger charge is 2.27. The van der Waals surface area contributed by atoms with Gasteiger partial charge in [-0.1, -0.05) is 80.5 Å². The molecule has 0 aliphatic heterocycles. The second-order valence-electron chi connectivity index (χ2n) is 9.07. The summed E-state index contributed by atoms with van der Waals surface area (Å²) in [6.07, 6.45) is 1.15. The van der Waals surface area contributed by atoms with Crippen LogP contribution in [0.25, 0.3) is 0 Å². The summed E-state index contributed by atoms with van der Waals surface area (Å²) in [5.41, 5.74) is 5.32. The Morgan fingerprint density at radius 1 is 0.684 bits per heavy atom. The normalized spacial score (nSPS) is 13.7. The topological polar surface area (TPSA) is 0 Å². The van der Waals surface area contributed by atoms with Gasteiger partial charge in [-0.15, -0.1) is 0 Å². The number of benzene rings is 1. The van der Waals surface area contributed by atoms with Crippen LogP contribution in [0.15, 0.2) is 18.2 Å². The molecule has 1 rings (SSSR count). The molecule has 0 spiro atoms.